The van der Waals surface area contributed by atoms with Gasteiger partial charge in [-0.3, -0.25) is 4.98 Å². The molecule has 0 aliphatic carbocycles. The van der Waals surface area contributed by atoms with Gasteiger partial charge in [0.1, 0.15) is 5.03 Å². The summed E-state index contributed by atoms with van der Waals surface area (Å²) >= 11 is 6.03. The van der Waals surface area contributed by atoms with Crippen molar-refractivity contribution in [2.45, 2.75) is 11.1 Å². The van der Waals surface area contributed by atoms with Crippen LogP contribution >= 0.6 is 11.6 Å². The maximum absolute atomic E-state index is 13.3. The molecular formula is C22H21ClN6O3S. The maximum atomic E-state index is 13.3. The second-order valence-corrected chi connectivity index (χ2v) is 10.1. The van der Waals surface area contributed by atoms with E-state index in [0.717, 1.165) is 16.5 Å². The highest BCUT2D eigenvalue weighted by molar-refractivity contribution is 7.89. The summed E-state index contributed by atoms with van der Waals surface area (Å²) in [5.41, 5.74) is 2.49. The van der Waals surface area contributed by atoms with Gasteiger partial charge in [-0.15, -0.1) is 0 Å². The zero-order valence-electron chi connectivity index (χ0n) is 17.5. The molecule has 0 saturated carbocycles. The van der Waals surface area contributed by atoms with Crippen molar-refractivity contribution in [3.63, 3.8) is 0 Å². The van der Waals surface area contributed by atoms with Crippen LogP contribution in [0.4, 0.5) is 5.95 Å². The van der Waals surface area contributed by atoms with E-state index in [1.807, 2.05) is 17.0 Å². The first kappa shape index (κ1) is 21.8. The van der Waals surface area contributed by atoms with E-state index in [1.54, 1.807) is 49.1 Å². The highest BCUT2D eigenvalue weighted by Crippen LogP contribution is 2.27. The molecule has 5 rings (SSSR count). The van der Waals surface area contributed by atoms with Crippen LogP contribution in [0.2, 0.25) is 5.02 Å². The van der Waals surface area contributed by atoms with Gasteiger partial charge < -0.3 is 15.0 Å². The summed E-state index contributed by atoms with van der Waals surface area (Å²) in [6.45, 7) is 0.476. The van der Waals surface area contributed by atoms with Gasteiger partial charge in [0.25, 0.3) is 10.0 Å². The van der Waals surface area contributed by atoms with E-state index >= 15 is 0 Å². The van der Waals surface area contributed by atoms with Gasteiger partial charge in [0.05, 0.1) is 12.6 Å². The quantitative estimate of drug-likeness (QED) is 0.447. The third-order valence-corrected chi connectivity index (χ3v) is 7.76. The normalized spacial score (nSPS) is 17.5. The van der Waals surface area contributed by atoms with Crippen molar-refractivity contribution in [2.75, 3.05) is 31.1 Å². The van der Waals surface area contributed by atoms with Gasteiger partial charge in [0.15, 0.2) is 0 Å². The van der Waals surface area contributed by atoms with Crippen LogP contribution in [0.3, 0.4) is 0 Å². The number of rotatable bonds is 5. The molecule has 1 fully saturated rings. The third-order valence-electron chi connectivity index (χ3n) is 5.74. The number of piperazine rings is 1. The van der Waals surface area contributed by atoms with Gasteiger partial charge in [-0.05, 0) is 42.0 Å². The largest absolute Gasteiger partial charge is 0.394 e. The fraction of sp³-hybridized carbons (Fsp3) is 0.227. The number of aliphatic hydroxyl groups excluding tert-OH is 1. The standard InChI is InChI=1S/C22H21ClN6O3S/c23-18-1-2-20-16(9-18)10-21(27-20)33(31,32)28-7-8-29(19(13-28)14-30)22-25-11-17(12-26-22)15-3-5-24-6-4-15/h1-6,9-12,19,27,30H,7-8,13-14H2. The molecule has 0 bridgehead atoms. The molecule has 11 heteroatoms. The van der Waals surface area contributed by atoms with Crippen LogP contribution in [0.25, 0.3) is 22.0 Å². The first-order chi connectivity index (χ1) is 16.0. The molecule has 3 aromatic heterocycles. The number of benzene rings is 1. The van der Waals surface area contributed by atoms with Crippen molar-refractivity contribution in [3.8, 4) is 11.1 Å². The summed E-state index contributed by atoms with van der Waals surface area (Å²) in [6.07, 6.45) is 6.83. The fourth-order valence-electron chi connectivity index (χ4n) is 3.98. The molecule has 1 atom stereocenters. The first-order valence-corrected chi connectivity index (χ1v) is 12.2. The molecule has 2 N–H and O–H groups in total. The van der Waals surface area contributed by atoms with Crippen molar-refractivity contribution >= 4 is 38.5 Å². The van der Waals surface area contributed by atoms with Crippen molar-refractivity contribution in [1.82, 2.24) is 24.2 Å². The molecule has 170 valence electrons. The third kappa shape index (κ3) is 4.18. The highest BCUT2D eigenvalue weighted by Gasteiger charge is 2.35. The number of nitrogens with zero attached hydrogens (tertiary/aromatic N) is 5. The van der Waals surface area contributed by atoms with Crippen LogP contribution in [0.5, 0.6) is 0 Å². The van der Waals surface area contributed by atoms with E-state index in [1.165, 1.54) is 4.31 Å². The number of halogens is 1. The lowest BCUT2D eigenvalue weighted by Gasteiger charge is -2.39. The smallest absolute Gasteiger partial charge is 0.258 e. The van der Waals surface area contributed by atoms with Gasteiger partial charge in [0, 0.05) is 65.9 Å². The SMILES string of the molecule is O=S(=O)(c1cc2cc(Cl)ccc2[nH]1)N1CCN(c2ncc(-c3ccncc3)cn2)C(CO)C1. The average molecular weight is 485 g/mol. The number of aromatic nitrogens is 4. The number of hydrogen-bond acceptors (Lipinski definition) is 7. The average Bonchev–Trinajstić information content (AvgIpc) is 3.28. The van der Waals surface area contributed by atoms with Gasteiger partial charge in [-0.1, -0.05) is 11.6 Å². The van der Waals surface area contributed by atoms with E-state index in [0.29, 0.717) is 23.0 Å². The zero-order chi connectivity index (χ0) is 23.0. The molecule has 1 aliphatic heterocycles. The van der Waals surface area contributed by atoms with Crippen LogP contribution < -0.4 is 4.90 Å². The Hall–Kier alpha value is -3.05. The lowest BCUT2D eigenvalue weighted by molar-refractivity contribution is 0.216. The van der Waals surface area contributed by atoms with E-state index in [-0.39, 0.29) is 24.7 Å². The van der Waals surface area contributed by atoms with Crippen LogP contribution in [-0.2, 0) is 10.0 Å². The molecule has 4 heterocycles. The Morgan fingerprint density at radius 2 is 1.82 bits per heavy atom. The Morgan fingerprint density at radius 3 is 2.55 bits per heavy atom. The lowest BCUT2D eigenvalue weighted by atomic mass is 10.1. The summed E-state index contributed by atoms with van der Waals surface area (Å²) in [6, 6.07) is 10.0. The minimum absolute atomic E-state index is 0.0999. The van der Waals surface area contributed by atoms with E-state index in [4.69, 9.17) is 11.6 Å². The van der Waals surface area contributed by atoms with Gasteiger partial charge in [0.2, 0.25) is 5.95 Å². The van der Waals surface area contributed by atoms with Crippen molar-refractivity contribution in [3.05, 3.63) is 66.2 Å². The molecule has 33 heavy (non-hydrogen) atoms. The number of hydrogen-bond donors (Lipinski definition) is 2. The van der Waals surface area contributed by atoms with Crippen molar-refractivity contribution in [2.24, 2.45) is 0 Å². The number of H-pyrrole nitrogens is 1. The number of anilines is 1. The van der Waals surface area contributed by atoms with Gasteiger partial charge in [-0.25, -0.2) is 18.4 Å². The predicted molar refractivity (Wildman–Crippen MR) is 126 cm³/mol. The Kier molecular flexibility index (Phi) is 5.75. The molecule has 0 amide bonds. The van der Waals surface area contributed by atoms with Gasteiger partial charge >= 0.3 is 0 Å². The lowest BCUT2D eigenvalue weighted by Crippen LogP contribution is -2.56. The number of aromatic amines is 1. The summed E-state index contributed by atoms with van der Waals surface area (Å²) < 4.78 is 27.9. The van der Waals surface area contributed by atoms with Gasteiger partial charge in [-0.2, -0.15) is 4.31 Å². The summed E-state index contributed by atoms with van der Waals surface area (Å²) in [7, 11) is -3.78. The number of sulfonamides is 1. The molecule has 4 aromatic rings. The minimum Gasteiger partial charge on any atom is -0.394 e. The van der Waals surface area contributed by atoms with Crippen LogP contribution in [-0.4, -0.2) is 70.0 Å². The van der Waals surface area contributed by atoms with Crippen LogP contribution in [0.15, 0.2) is 66.2 Å². The zero-order valence-corrected chi connectivity index (χ0v) is 19.0. The maximum Gasteiger partial charge on any atom is 0.258 e. The molecule has 1 saturated heterocycles. The summed E-state index contributed by atoms with van der Waals surface area (Å²) in [5.74, 6) is 0.448. The van der Waals surface area contributed by atoms with Crippen LogP contribution in [0, 0.1) is 0 Å². The molecule has 1 aliphatic rings. The fourth-order valence-corrected chi connectivity index (χ4v) is 5.65. The second kappa shape index (κ2) is 8.71. The molecule has 1 unspecified atom stereocenters. The highest BCUT2D eigenvalue weighted by atomic mass is 35.5. The molecular weight excluding hydrogens is 464 g/mol. The number of pyridine rings is 1. The molecule has 9 nitrogen and oxygen atoms in total. The molecule has 0 spiro atoms. The Balaban J connectivity index is 1.36. The van der Waals surface area contributed by atoms with E-state index < -0.39 is 16.1 Å². The molecule has 1 aromatic carbocycles. The second-order valence-electron chi connectivity index (χ2n) is 7.77. The summed E-state index contributed by atoms with van der Waals surface area (Å²) in [5, 5.41) is 11.4. The monoisotopic (exact) mass is 484 g/mol. The Labute approximate surface area is 195 Å². The topological polar surface area (TPSA) is 115 Å². The Bertz CT molecular complexity index is 1380. The van der Waals surface area contributed by atoms with Crippen molar-refractivity contribution < 1.29 is 13.5 Å². The van der Waals surface area contributed by atoms with E-state index in [2.05, 4.69) is 19.9 Å². The van der Waals surface area contributed by atoms with Crippen LogP contribution in [0.1, 0.15) is 0 Å². The summed E-state index contributed by atoms with van der Waals surface area (Å²) in [4.78, 5) is 17.7. The number of nitrogens with one attached hydrogen (secondary N) is 1. The Morgan fingerprint density at radius 1 is 1.06 bits per heavy atom. The molecule has 0 radical (unpaired) electrons. The number of aliphatic hydroxyl groups is 1. The minimum atomic E-state index is -3.78. The first-order valence-electron chi connectivity index (χ1n) is 10.3. The van der Waals surface area contributed by atoms with E-state index in [9.17, 15) is 13.5 Å². The number of fused-ring (bicyclic) bond motifs is 1. The predicted octanol–water partition coefficient (Wildman–Crippen LogP) is 2.55. The van der Waals surface area contributed by atoms with Crippen molar-refractivity contribution in [1.29, 1.82) is 0 Å².